The standard InChI is InChI=1S/C15H13N3O2S/c1-10-3-2-4-12-13(10)17-15(18-14(12)19)21(20)9-11-5-7-16-8-6-11/h2-8H,9H2,1H3,(H,17,18,19). The van der Waals surface area contributed by atoms with Gasteiger partial charge >= 0.3 is 0 Å². The lowest BCUT2D eigenvalue weighted by molar-refractivity contribution is 0.675. The first-order valence-corrected chi connectivity index (χ1v) is 7.74. The first-order valence-electron chi connectivity index (χ1n) is 6.42. The van der Waals surface area contributed by atoms with Crippen molar-refractivity contribution in [3.63, 3.8) is 0 Å². The zero-order valence-electron chi connectivity index (χ0n) is 11.4. The van der Waals surface area contributed by atoms with E-state index < -0.39 is 10.8 Å². The number of aryl methyl sites for hydroxylation is 1. The summed E-state index contributed by atoms with van der Waals surface area (Å²) in [6, 6.07) is 8.99. The third kappa shape index (κ3) is 2.75. The Balaban J connectivity index is 2.03. The van der Waals surface area contributed by atoms with Crippen LogP contribution < -0.4 is 5.56 Å². The summed E-state index contributed by atoms with van der Waals surface area (Å²) in [5.74, 6) is 0.294. The second-order valence-electron chi connectivity index (χ2n) is 4.69. The van der Waals surface area contributed by atoms with Crippen LogP contribution in [0.1, 0.15) is 11.1 Å². The highest BCUT2D eigenvalue weighted by molar-refractivity contribution is 7.84. The number of hydrogen-bond acceptors (Lipinski definition) is 4. The van der Waals surface area contributed by atoms with E-state index in [4.69, 9.17) is 0 Å². The van der Waals surface area contributed by atoms with Crippen LogP contribution in [-0.4, -0.2) is 19.2 Å². The summed E-state index contributed by atoms with van der Waals surface area (Å²) in [5, 5.41) is 0.721. The molecule has 0 aliphatic carbocycles. The summed E-state index contributed by atoms with van der Waals surface area (Å²) in [7, 11) is -1.40. The molecule has 0 bridgehead atoms. The Morgan fingerprint density at radius 3 is 2.71 bits per heavy atom. The first kappa shape index (κ1) is 13.6. The van der Waals surface area contributed by atoms with Crippen LogP contribution in [0.4, 0.5) is 0 Å². The van der Waals surface area contributed by atoms with Crippen molar-refractivity contribution in [3.05, 3.63) is 64.2 Å². The number of rotatable bonds is 3. The molecule has 0 saturated carbocycles. The number of aromatic nitrogens is 3. The summed E-state index contributed by atoms with van der Waals surface area (Å²) >= 11 is 0. The fraction of sp³-hybridized carbons (Fsp3) is 0.133. The molecular weight excluding hydrogens is 286 g/mol. The summed E-state index contributed by atoms with van der Waals surface area (Å²) in [6.45, 7) is 1.88. The largest absolute Gasteiger partial charge is 0.299 e. The van der Waals surface area contributed by atoms with Gasteiger partial charge in [-0.2, -0.15) is 0 Å². The van der Waals surface area contributed by atoms with Crippen molar-refractivity contribution in [1.82, 2.24) is 15.0 Å². The topological polar surface area (TPSA) is 75.7 Å². The van der Waals surface area contributed by atoms with Crippen LogP contribution in [-0.2, 0) is 16.6 Å². The van der Waals surface area contributed by atoms with E-state index in [0.717, 1.165) is 11.1 Å². The molecule has 2 aromatic heterocycles. The van der Waals surface area contributed by atoms with Crippen LogP contribution >= 0.6 is 0 Å². The van der Waals surface area contributed by atoms with E-state index in [0.29, 0.717) is 16.7 Å². The third-order valence-corrected chi connectivity index (χ3v) is 4.40. The Hall–Kier alpha value is -2.34. The maximum Gasteiger partial charge on any atom is 0.259 e. The monoisotopic (exact) mass is 299 g/mol. The van der Waals surface area contributed by atoms with E-state index in [1.807, 2.05) is 19.1 Å². The molecule has 21 heavy (non-hydrogen) atoms. The lowest BCUT2D eigenvalue weighted by Gasteiger charge is -2.05. The zero-order chi connectivity index (χ0) is 14.8. The van der Waals surface area contributed by atoms with E-state index in [1.54, 1.807) is 30.6 Å². The minimum Gasteiger partial charge on any atom is -0.299 e. The molecule has 106 valence electrons. The number of H-pyrrole nitrogens is 1. The van der Waals surface area contributed by atoms with Gasteiger partial charge in [0, 0.05) is 12.4 Å². The summed E-state index contributed by atoms with van der Waals surface area (Å²) in [5.41, 5.74) is 2.11. The van der Waals surface area contributed by atoms with Gasteiger partial charge in [0.25, 0.3) is 5.56 Å². The number of hydrogen-bond donors (Lipinski definition) is 1. The Kier molecular flexibility index (Phi) is 3.62. The molecule has 0 saturated heterocycles. The number of pyridine rings is 1. The van der Waals surface area contributed by atoms with Gasteiger partial charge in [0.15, 0.2) is 5.16 Å². The minimum atomic E-state index is -1.40. The predicted octanol–water partition coefficient (Wildman–Crippen LogP) is 1.93. The fourth-order valence-corrected chi connectivity index (χ4v) is 3.12. The Morgan fingerprint density at radius 2 is 1.95 bits per heavy atom. The summed E-state index contributed by atoms with van der Waals surface area (Å²) < 4.78 is 12.4. The molecule has 6 heteroatoms. The van der Waals surface area contributed by atoms with Gasteiger partial charge in [-0.15, -0.1) is 0 Å². The normalized spacial score (nSPS) is 12.4. The van der Waals surface area contributed by atoms with Gasteiger partial charge in [-0.1, -0.05) is 12.1 Å². The van der Waals surface area contributed by atoms with Crippen LogP contribution in [0.2, 0.25) is 0 Å². The van der Waals surface area contributed by atoms with E-state index in [-0.39, 0.29) is 10.7 Å². The number of para-hydroxylation sites is 1. The molecule has 0 aliphatic heterocycles. The van der Waals surface area contributed by atoms with Gasteiger partial charge in [-0.25, -0.2) is 4.98 Å². The van der Waals surface area contributed by atoms with Crippen molar-refractivity contribution in [3.8, 4) is 0 Å². The van der Waals surface area contributed by atoms with Crippen molar-refractivity contribution >= 4 is 21.7 Å². The highest BCUT2D eigenvalue weighted by Gasteiger charge is 2.11. The highest BCUT2D eigenvalue weighted by Crippen LogP contribution is 2.14. The van der Waals surface area contributed by atoms with Crippen molar-refractivity contribution in [2.75, 3.05) is 0 Å². The smallest absolute Gasteiger partial charge is 0.259 e. The summed E-state index contributed by atoms with van der Waals surface area (Å²) in [4.78, 5) is 23.0. The van der Waals surface area contributed by atoms with Gasteiger partial charge in [0.05, 0.1) is 27.5 Å². The van der Waals surface area contributed by atoms with Crippen LogP contribution in [0.15, 0.2) is 52.7 Å². The average molecular weight is 299 g/mol. The molecular formula is C15H13N3O2S. The van der Waals surface area contributed by atoms with Crippen LogP contribution in [0.5, 0.6) is 0 Å². The SMILES string of the molecule is Cc1cccc2c(=O)[nH]c(S(=O)Cc3ccncc3)nc12. The minimum absolute atomic E-state index is 0.207. The van der Waals surface area contributed by atoms with Crippen molar-refractivity contribution < 1.29 is 4.21 Å². The molecule has 0 spiro atoms. The van der Waals surface area contributed by atoms with E-state index in [9.17, 15) is 9.00 Å². The maximum absolute atomic E-state index is 12.4. The van der Waals surface area contributed by atoms with Crippen molar-refractivity contribution in [1.29, 1.82) is 0 Å². The van der Waals surface area contributed by atoms with E-state index in [2.05, 4.69) is 15.0 Å². The van der Waals surface area contributed by atoms with E-state index in [1.165, 1.54) is 0 Å². The third-order valence-electron chi connectivity index (χ3n) is 3.18. The number of nitrogens with one attached hydrogen (secondary N) is 1. The lowest BCUT2D eigenvalue weighted by atomic mass is 10.1. The molecule has 1 aromatic carbocycles. The Bertz CT molecular complexity index is 875. The van der Waals surface area contributed by atoms with Gasteiger partial charge in [-0.3, -0.25) is 19.0 Å². The molecule has 2 heterocycles. The van der Waals surface area contributed by atoms with Gasteiger partial charge in [-0.05, 0) is 36.2 Å². The molecule has 0 aliphatic rings. The highest BCUT2D eigenvalue weighted by atomic mass is 32.2. The molecule has 3 rings (SSSR count). The fourth-order valence-electron chi connectivity index (χ4n) is 2.09. The van der Waals surface area contributed by atoms with Crippen molar-refractivity contribution in [2.45, 2.75) is 17.8 Å². The second kappa shape index (κ2) is 5.57. The van der Waals surface area contributed by atoms with Gasteiger partial charge < -0.3 is 0 Å². The Labute approximate surface area is 123 Å². The lowest BCUT2D eigenvalue weighted by Crippen LogP contribution is -2.14. The molecule has 0 amide bonds. The van der Waals surface area contributed by atoms with Crippen LogP contribution in [0, 0.1) is 6.92 Å². The molecule has 0 fully saturated rings. The van der Waals surface area contributed by atoms with E-state index >= 15 is 0 Å². The van der Waals surface area contributed by atoms with Crippen LogP contribution in [0.25, 0.3) is 10.9 Å². The maximum atomic E-state index is 12.4. The number of aromatic amines is 1. The van der Waals surface area contributed by atoms with Gasteiger partial charge in [0.2, 0.25) is 0 Å². The van der Waals surface area contributed by atoms with Crippen molar-refractivity contribution in [2.24, 2.45) is 0 Å². The first-order chi connectivity index (χ1) is 10.1. The number of nitrogens with zero attached hydrogens (tertiary/aromatic N) is 2. The summed E-state index contributed by atoms with van der Waals surface area (Å²) in [6.07, 6.45) is 3.29. The van der Waals surface area contributed by atoms with Crippen LogP contribution in [0.3, 0.4) is 0 Å². The molecule has 1 atom stereocenters. The number of fused-ring (bicyclic) bond motifs is 1. The quantitative estimate of drug-likeness (QED) is 0.750. The zero-order valence-corrected chi connectivity index (χ0v) is 12.2. The molecule has 0 radical (unpaired) electrons. The molecule has 3 aromatic rings. The predicted molar refractivity (Wildman–Crippen MR) is 81.5 cm³/mol. The molecule has 1 unspecified atom stereocenters. The average Bonchev–Trinajstić information content (AvgIpc) is 2.49. The van der Waals surface area contributed by atoms with Gasteiger partial charge in [0.1, 0.15) is 0 Å². The second-order valence-corrected chi connectivity index (χ2v) is 6.05. The number of benzene rings is 1. The molecule has 5 nitrogen and oxygen atoms in total. The Morgan fingerprint density at radius 1 is 1.19 bits per heavy atom. The molecule has 1 N–H and O–H groups in total.